The van der Waals surface area contributed by atoms with Gasteiger partial charge < -0.3 is 4.90 Å². The number of nitrogens with one attached hydrogen (secondary N) is 1. The third kappa shape index (κ3) is 3.17. The number of hydrogen-bond acceptors (Lipinski definition) is 8. The van der Waals surface area contributed by atoms with Crippen LogP contribution in [0.25, 0.3) is 5.82 Å². The summed E-state index contributed by atoms with van der Waals surface area (Å²) in [7, 11) is -3.57. The number of aromatic amines is 1. The average molecular weight is 389 g/mol. The van der Waals surface area contributed by atoms with Crippen molar-refractivity contribution in [2.24, 2.45) is 0 Å². The van der Waals surface area contributed by atoms with Gasteiger partial charge >= 0.3 is 0 Å². The fourth-order valence-electron chi connectivity index (χ4n) is 3.17. The van der Waals surface area contributed by atoms with Crippen LogP contribution in [-0.2, 0) is 10.0 Å². The number of aryl methyl sites for hydroxylation is 2. The Morgan fingerprint density at radius 3 is 2.41 bits per heavy atom. The van der Waals surface area contributed by atoms with E-state index in [2.05, 4.69) is 30.2 Å². The Hall–Kier alpha value is -2.86. The average Bonchev–Trinajstić information content (AvgIpc) is 3.32. The fourth-order valence-corrected chi connectivity index (χ4v) is 4.92. The molecule has 1 N–H and O–H groups in total. The van der Waals surface area contributed by atoms with Crippen LogP contribution in [0, 0.1) is 13.8 Å². The van der Waals surface area contributed by atoms with E-state index in [1.54, 1.807) is 24.9 Å². The van der Waals surface area contributed by atoms with Crippen LogP contribution >= 0.6 is 0 Å². The zero-order valence-electron chi connectivity index (χ0n) is 14.9. The van der Waals surface area contributed by atoms with E-state index < -0.39 is 10.0 Å². The first-order valence-electron chi connectivity index (χ1n) is 8.40. The van der Waals surface area contributed by atoms with Gasteiger partial charge in [0, 0.05) is 32.2 Å². The molecule has 0 aliphatic carbocycles. The zero-order valence-corrected chi connectivity index (χ0v) is 15.8. The SMILES string of the molecule is Cc1n[nH]c(C)c1S(=O)(=O)N1CCN(c2cc(-n3cncn3)ncn2)CC1. The molecule has 3 aromatic rings. The first kappa shape index (κ1) is 17.5. The van der Waals surface area contributed by atoms with Crippen molar-refractivity contribution < 1.29 is 8.42 Å². The monoisotopic (exact) mass is 389 g/mol. The van der Waals surface area contributed by atoms with Crippen molar-refractivity contribution in [1.82, 2.24) is 39.2 Å². The summed E-state index contributed by atoms with van der Waals surface area (Å²) in [5.74, 6) is 1.33. The number of anilines is 1. The van der Waals surface area contributed by atoms with Gasteiger partial charge in [-0.25, -0.2) is 28.1 Å². The van der Waals surface area contributed by atoms with E-state index in [0.29, 0.717) is 43.4 Å². The second kappa shape index (κ2) is 6.70. The van der Waals surface area contributed by atoms with Gasteiger partial charge in [0.15, 0.2) is 5.82 Å². The summed E-state index contributed by atoms with van der Waals surface area (Å²) in [5, 5.41) is 10.8. The van der Waals surface area contributed by atoms with E-state index in [0.717, 1.165) is 5.82 Å². The van der Waals surface area contributed by atoms with Crippen molar-refractivity contribution in [1.29, 1.82) is 0 Å². The van der Waals surface area contributed by atoms with Crippen molar-refractivity contribution >= 4 is 15.8 Å². The molecule has 1 saturated heterocycles. The first-order chi connectivity index (χ1) is 13.0. The van der Waals surface area contributed by atoms with E-state index in [1.165, 1.54) is 17.0 Å². The Kier molecular flexibility index (Phi) is 4.36. The molecule has 0 spiro atoms. The number of H-pyrrole nitrogens is 1. The number of rotatable bonds is 4. The molecule has 4 rings (SSSR count). The zero-order chi connectivity index (χ0) is 19.0. The van der Waals surface area contributed by atoms with Gasteiger partial charge in [-0.1, -0.05) is 0 Å². The number of hydrogen-bond donors (Lipinski definition) is 1. The number of aromatic nitrogens is 7. The molecular weight excluding hydrogens is 370 g/mol. The summed E-state index contributed by atoms with van der Waals surface area (Å²) in [4.78, 5) is 14.7. The van der Waals surface area contributed by atoms with E-state index >= 15 is 0 Å². The van der Waals surface area contributed by atoms with Gasteiger partial charge in [-0.15, -0.1) is 0 Å². The molecule has 0 unspecified atom stereocenters. The molecular formula is C15H19N9O2S. The molecule has 1 fully saturated rings. The van der Waals surface area contributed by atoms with Crippen molar-refractivity contribution in [3.63, 3.8) is 0 Å². The van der Waals surface area contributed by atoms with Gasteiger partial charge in [-0.3, -0.25) is 5.10 Å². The normalized spacial score (nSPS) is 16.0. The van der Waals surface area contributed by atoms with Crippen LogP contribution in [0.5, 0.6) is 0 Å². The minimum Gasteiger partial charge on any atom is -0.354 e. The molecule has 0 aromatic carbocycles. The van der Waals surface area contributed by atoms with Crippen molar-refractivity contribution in [3.05, 3.63) is 36.4 Å². The molecule has 1 aliphatic heterocycles. The molecule has 0 radical (unpaired) electrons. The minimum absolute atomic E-state index is 0.270. The molecule has 142 valence electrons. The van der Waals surface area contributed by atoms with Crippen molar-refractivity contribution in [3.8, 4) is 5.82 Å². The lowest BCUT2D eigenvalue weighted by Gasteiger charge is -2.34. The number of sulfonamides is 1. The highest BCUT2D eigenvalue weighted by Gasteiger charge is 2.32. The third-order valence-corrected chi connectivity index (χ3v) is 6.68. The highest BCUT2D eigenvalue weighted by Crippen LogP contribution is 2.24. The fraction of sp³-hybridized carbons (Fsp3) is 0.400. The maximum atomic E-state index is 12.9. The Morgan fingerprint density at radius 1 is 1.04 bits per heavy atom. The largest absolute Gasteiger partial charge is 0.354 e. The lowest BCUT2D eigenvalue weighted by atomic mass is 10.3. The maximum Gasteiger partial charge on any atom is 0.246 e. The maximum absolute atomic E-state index is 12.9. The molecule has 11 nitrogen and oxygen atoms in total. The van der Waals surface area contributed by atoms with E-state index in [-0.39, 0.29) is 4.90 Å². The van der Waals surface area contributed by atoms with Gasteiger partial charge in [0.25, 0.3) is 0 Å². The summed E-state index contributed by atoms with van der Waals surface area (Å²) in [6, 6.07) is 1.81. The van der Waals surface area contributed by atoms with Crippen LogP contribution in [0.1, 0.15) is 11.4 Å². The van der Waals surface area contributed by atoms with Crippen molar-refractivity contribution in [2.45, 2.75) is 18.7 Å². The van der Waals surface area contributed by atoms with Gasteiger partial charge in [-0.2, -0.15) is 14.5 Å². The predicted molar refractivity (Wildman–Crippen MR) is 96.0 cm³/mol. The highest BCUT2D eigenvalue weighted by atomic mass is 32.2. The summed E-state index contributed by atoms with van der Waals surface area (Å²) in [6.07, 6.45) is 4.46. The van der Waals surface area contributed by atoms with Gasteiger partial charge in [-0.05, 0) is 13.8 Å². The quantitative estimate of drug-likeness (QED) is 0.656. The Labute approximate surface area is 156 Å². The number of nitrogens with zero attached hydrogens (tertiary/aromatic N) is 8. The predicted octanol–water partition coefficient (Wildman–Crippen LogP) is -0.0919. The summed E-state index contributed by atoms with van der Waals surface area (Å²) in [6.45, 7) is 5.21. The Morgan fingerprint density at radius 2 is 1.78 bits per heavy atom. The third-order valence-electron chi connectivity index (χ3n) is 4.51. The van der Waals surface area contributed by atoms with Crippen LogP contribution in [-0.4, -0.2) is 73.8 Å². The second-order valence-electron chi connectivity index (χ2n) is 6.23. The van der Waals surface area contributed by atoms with Crippen LogP contribution < -0.4 is 4.90 Å². The molecule has 12 heteroatoms. The van der Waals surface area contributed by atoms with Crippen molar-refractivity contribution in [2.75, 3.05) is 31.1 Å². The van der Waals surface area contributed by atoms with Gasteiger partial charge in [0.1, 0.15) is 29.7 Å². The van der Waals surface area contributed by atoms with Crippen LogP contribution in [0.2, 0.25) is 0 Å². The molecule has 0 atom stereocenters. The minimum atomic E-state index is -3.57. The molecule has 0 amide bonds. The van der Waals surface area contributed by atoms with E-state index in [4.69, 9.17) is 0 Å². The van der Waals surface area contributed by atoms with Gasteiger partial charge in [0.2, 0.25) is 10.0 Å². The second-order valence-corrected chi connectivity index (χ2v) is 8.10. The Balaban J connectivity index is 1.51. The molecule has 0 saturated carbocycles. The topological polar surface area (TPSA) is 126 Å². The van der Waals surface area contributed by atoms with Crippen LogP contribution in [0.15, 0.2) is 29.9 Å². The lowest BCUT2D eigenvalue weighted by molar-refractivity contribution is 0.383. The summed E-state index contributed by atoms with van der Waals surface area (Å²) < 4.78 is 28.9. The van der Waals surface area contributed by atoms with Crippen LogP contribution in [0.4, 0.5) is 5.82 Å². The molecule has 4 heterocycles. The standard InChI is InChI=1S/C15H19N9O2S/c1-11-15(12(2)21-20-11)27(25,26)23-5-3-22(4-6-23)13-7-14(18-9-17-13)24-10-16-8-19-24/h7-10H,3-6H2,1-2H3,(H,20,21). The van der Waals surface area contributed by atoms with Crippen LogP contribution in [0.3, 0.4) is 0 Å². The Bertz CT molecular complexity index is 1020. The summed E-state index contributed by atoms with van der Waals surface area (Å²) >= 11 is 0. The molecule has 0 bridgehead atoms. The summed E-state index contributed by atoms with van der Waals surface area (Å²) in [5.41, 5.74) is 1.05. The number of piperazine rings is 1. The molecule has 27 heavy (non-hydrogen) atoms. The molecule has 1 aliphatic rings. The van der Waals surface area contributed by atoms with E-state index in [9.17, 15) is 8.42 Å². The smallest absolute Gasteiger partial charge is 0.246 e. The lowest BCUT2D eigenvalue weighted by Crippen LogP contribution is -2.49. The molecule has 3 aromatic heterocycles. The van der Waals surface area contributed by atoms with Gasteiger partial charge in [0.05, 0.1) is 11.4 Å². The highest BCUT2D eigenvalue weighted by molar-refractivity contribution is 7.89. The first-order valence-corrected chi connectivity index (χ1v) is 9.84. The van der Waals surface area contributed by atoms with E-state index in [1.807, 2.05) is 11.0 Å².